The lowest BCUT2D eigenvalue weighted by Gasteiger charge is -2.47. The Kier molecular flexibility index (Phi) is 5.75. The Balaban J connectivity index is 1.56. The number of carbonyl (C=O) groups is 1. The zero-order valence-corrected chi connectivity index (χ0v) is 22.2. The molecule has 0 spiro atoms. The van der Waals surface area contributed by atoms with Crippen LogP contribution in [0.2, 0.25) is 5.02 Å². The van der Waals surface area contributed by atoms with Crippen molar-refractivity contribution in [2.45, 2.75) is 62.5 Å². The van der Waals surface area contributed by atoms with Crippen molar-refractivity contribution in [2.24, 2.45) is 15.1 Å². The molecule has 2 aliphatic rings. The number of nitrogens with two attached hydrogens (primary N) is 1. The van der Waals surface area contributed by atoms with E-state index in [0.29, 0.717) is 40.7 Å². The highest BCUT2D eigenvalue weighted by molar-refractivity contribution is 7.96. The van der Waals surface area contributed by atoms with Crippen LogP contribution in [0.3, 0.4) is 0 Å². The van der Waals surface area contributed by atoms with E-state index in [0.717, 1.165) is 6.42 Å². The van der Waals surface area contributed by atoms with Gasteiger partial charge in [0.15, 0.2) is 5.78 Å². The zero-order valence-electron chi connectivity index (χ0n) is 20.6. The normalized spacial score (nSPS) is 27.3. The summed E-state index contributed by atoms with van der Waals surface area (Å²) in [4.78, 5) is 26.9. The molecule has 190 valence electrons. The molecule has 11 heteroatoms. The summed E-state index contributed by atoms with van der Waals surface area (Å²) in [6.45, 7) is 7.53. The van der Waals surface area contributed by atoms with Crippen LogP contribution in [0.15, 0.2) is 39.8 Å². The molecule has 2 N–H and O–H groups in total. The Bertz CT molecular complexity index is 1570. The Morgan fingerprint density at radius 3 is 2.75 bits per heavy atom. The number of halogens is 2. The number of rotatable bonds is 4. The quantitative estimate of drug-likeness (QED) is 0.506. The molecule has 0 saturated carbocycles. The molecular formula is C25H28ClFN6O2S. The molecule has 0 amide bonds. The van der Waals surface area contributed by atoms with E-state index in [1.807, 2.05) is 0 Å². The topological polar surface area (TPSA) is 115 Å². The first-order chi connectivity index (χ1) is 16.9. The van der Waals surface area contributed by atoms with Crippen molar-refractivity contribution in [3.8, 4) is 0 Å². The number of ketones is 1. The number of Topliss-reactive ketones (excluding diaryl/α,β-unsaturated/α-hetero) is 1. The van der Waals surface area contributed by atoms with Crippen LogP contribution in [0, 0.1) is 12.7 Å². The van der Waals surface area contributed by atoms with Gasteiger partial charge in [0.1, 0.15) is 39.0 Å². The number of aliphatic imine (C=N–C) groups is 1. The van der Waals surface area contributed by atoms with Crippen molar-refractivity contribution in [2.75, 3.05) is 6.54 Å². The van der Waals surface area contributed by atoms with E-state index in [1.165, 1.54) is 12.1 Å². The third-order valence-electron chi connectivity index (χ3n) is 7.43. The molecule has 0 bridgehead atoms. The molecular weight excluding hydrogens is 503 g/mol. The molecule has 0 aliphatic carbocycles. The lowest BCUT2D eigenvalue weighted by atomic mass is 9.88. The van der Waals surface area contributed by atoms with Crippen molar-refractivity contribution in [3.05, 3.63) is 64.1 Å². The molecule has 3 aromatic heterocycles. The first-order valence-electron chi connectivity index (χ1n) is 11.8. The van der Waals surface area contributed by atoms with Gasteiger partial charge in [-0.05, 0) is 64.8 Å². The largest absolute Gasteiger partial charge is 0.386 e. The maximum absolute atomic E-state index is 15.3. The molecule has 0 aromatic carbocycles. The maximum atomic E-state index is 15.3. The summed E-state index contributed by atoms with van der Waals surface area (Å²) in [6.07, 6.45) is 2.90. The molecule has 5 rings (SSSR count). The maximum Gasteiger partial charge on any atom is 0.188 e. The van der Waals surface area contributed by atoms with Crippen LogP contribution in [-0.4, -0.2) is 46.7 Å². The summed E-state index contributed by atoms with van der Waals surface area (Å²) < 4.78 is 34.8. The Hall–Kier alpha value is -2.85. The van der Waals surface area contributed by atoms with Gasteiger partial charge in [0.25, 0.3) is 0 Å². The lowest BCUT2D eigenvalue weighted by molar-refractivity contribution is 0.0987. The third kappa shape index (κ3) is 3.56. The highest BCUT2D eigenvalue weighted by atomic mass is 35.5. The number of pyridine rings is 2. The number of hydrogen-bond donors (Lipinski definition) is 1. The molecule has 8 nitrogen and oxygen atoms in total. The monoisotopic (exact) mass is 530 g/mol. The van der Waals surface area contributed by atoms with Crippen LogP contribution in [0.25, 0.3) is 5.65 Å². The van der Waals surface area contributed by atoms with Gasteiger partial charge in [0.2, 0.25) is 0 Å². The minimum absolute atomic E-state index is 0.0274. The fraction of sp³-hybridized carbons (Fsp3) is 0.440. The Morgan fingerprint density at radius 1 is 1.25 bits per heavy atom. The number of aryl methyl sites for hydroxylation is 1. The van der Waals surface area contributed by atoms with E-state index in [1.54, 1.807) is 50.4 Å². The summed E-state index contributed by atoms with van der Waals surface area (Å²) >= 11 is 6.09. The average molecular weight is 531 g/mol. The van der Waals surface area contributed by atoms with Crippen LogP contribution in [0.5, 0.6) is 0 Å². The number of hydrogen-bond acceptors (Lipinski definition) is 7. The van der Waals surface area contributed by atoms with E-state index >= 15 is 4.39 Å². The molecule has 0 radical (unpaired) electrons. The minimum Gasteiger partial charge on any atom is -0.386 e. The van der Waals surface area contributed by atoms with Crippen LogP contribution < -0.4 is 5.73 Å². The van der Waals surface area contributed by atoms with Gasteiger partial charge in [0.05, 0.1) is 32.1 Å². The van der Waals surface area contributed by atoms with E-state index in [-0.39, 0.29) is 23.7 Å². The summed E-state index contributed by atoms with van der Waals surface area (Å²) in [5.74, 6) is -0.679. The Labute approximate surface area is 214 Å². The van der Waals surface area contributed by atoms with Crippen LogP contribution in [0.4, 0.5) is 4.39 Å². The van der Waals surface area contributed by atoms with Crippen LogP contribution >= 0.6 is 11.6 Å². The molecule has 36 heavy (non-hydrogen) atoms. The van der Waals surface area contributed by atoms with Gasteiger partial charge >= 0.3 is 0 Å². The lowest BCUT2D eigenvalue weighted by Crippen LogP contribution is -2.60. The molecule has 3 aromatic rings. The van der Waals surface area contributed by atoms with Crippen molar-refractivity contribution in [1.82, 2.24) is 14.4 Å². The number of amidine groups is 1. The fourth-order valence-electron chi connectivity index (χ4n) is 5.23. The highest BCUT2D eigenvalue weighted by Gasteiger charge is 2.56. The van der Waals surface area contributed by atoms with Crippen molar-refractivity contribution < 1.29 is 13.4 Å². The molecule has 0 fully saturated rings. The predicted molar refractivity (Wildman–Crippen MR) is 139 cm³/mol. The smallest absolute Gasteiger partial charge is 0.188 e. The predicted octanol–water partition coefficient (Wildman–Crippen LogP) is 4.25. The number of imidazole rings is 1. The third-order valence-corrected chi connectivity index (χ3v) is 11.4. The van der Waals surface area contributed by atoms with Crippen molar-refractivity contribution in [1.29, 1.82) is 0 Å². The summed E-state index contributed by atoms with van der Waals surface area (Å²) in [7, 11) is -2.86. The van der Waals surface area contributed by atoms with Crippen molar-refractivity contribution >= 4 is 38.6 Å². The first-order valence-corrected chi connectivity index (χ1v) is 13.7. The molecule has 0 unspecified atom stereocenters. The van der Waals surface area contributed by atoms with Gasteiger partial charge in [-0.1, -0.05) is 11.6 Å². The van der Waals surface area contributed by atoms with Gasteiger partial charge in [-0.2, -0.15) is 0 Å². The van der Waals surface area contributed by atoms with Crippen LogP contribution in [-0.2, 0) is 21.7 Å². The van der Waals surface area contributed by atoms with E-state index in [2.05, 4.69) is 14.3 Å². The highest BCUT2D eigenvalue weighted by Crippen LogP contribution is 2.46. The average Bonchev–Trinajstić information content (AvgIpc) is 3.15. The summed E-state index contributed by atoms with van der Waals surface area (Å²) in [5.41, 5.74) is 6.98. The number of carbonyl (C=O) groups excluding carboxylic acids is 1. The molecule has 5 heterocycles. The van der Waals surface area contributed by atoms with Gasteiger partial charge < -0.3 is 10.1 Å². The zero-order chi connectivity index (χ0) is 26.0. The molecule has 2 aliphatic heterocycles. The van der Waals surface area contributed by atoms with E-state index < -0.39 is 31.1 Å². The SMILES string of the molecule is Cc1c(C(=O)Cc2ccc(F)c([C@@]3(C)N=C(N)C(C)(C)[S@]4(=O)=NCCC[C@H]34)n2)nc2ccc(Cl)cn12. The number of fused-ring (bicyclic) bond motifs is 2. The van der Waals surface area contributed by atoms with Gasteiger partial charge in [-0.25, -0.2) is 17.9 Å². The first kappa shape index (κ1) is 24.8. The van der Waals surface area contributed by atoms with E-state index in [4.69, 9.17) is 22.3 Å². The standard InChI is InChI=1S/C25H28ClFN6O2S/c1-14-21(31-20-10-7-15(26)13-33(14)20)18(34)12-16-8-9-17(27)22(30-16)25(4)19-6-5-11-29-36(19,35)24(2,3)23(28)32-25/h7-10,13,19H,5-6,11-12H2,1-4H3,(H2,28,32)/t19-,25+,36+/m1/s1. The van der Waals surface area contributed by atoms with Gasteiger partial charge in [-0.3, -0.25) is 14.8 Å². The van der Waals surface area contributed by atoms with Crippen LogP contribution in [0.1, 0.15) is 61.2 Å². The summed E-state index contributed by atoms with van der Waals surface area (Å²) in [5, 5.41) is -0.0268. The second kappa shape index (κ2) is 8.34. The molecule has 3 atom stereocenters. The van der Waals surface area contributed by atoms with Gasteiger partial charge in [-0.15, -0.1) is 0 Å². The minimum atomic E-state index is -2.86. The number of nitrogens with zero attached hydrogens (tertiary/aromatic N) is 5. The van der Waals surface area contributed by atoms with Gasteiger partial charge in [0, 0.05) is 18.4 Å². The number of aromatic nitrogens is 3. The fourth-order valence-corrected chi connectivity index (χ4v) is 8.63. The van der Waals surface area contributed by atoms with Crippen molar-refractivity contribution in [3.63, 3.8) is 0 Å². The second-order valence-electron chi connectivity index (χ2n) is 10.1. The summed E-state index contributed by atoms with van der Waals surface area (Å²) in [6, 6.07) is 6.20. The Morgan fingerprint density at radius 2 is 2.00 bits per heavy atom. The second-order valence-corrected chi connectivity index (χ2v) is 13.5. The molecule has 0 saturated heterocycles. The van der Waals surface area contributed by atoms with E-state index in [9.17, 15) is 9.00 Å².